The van der Waals surface area contributed by atoms with Crippen LogP contribution < -0.4 is 5.32 Å². The van der Waals surface area contributed by atoms with Crippen LogP contribution in [0.4, 0.5) is 0 Å². The standard InChI is InChI=1S/C16H20BrNO3/c1-15(2)11(12(15)14(20)21)13(19)18-16(3,4)9-5-7-10(17)8-6-9/h5-8,11-12H,1-4H3,(H,18,19)(H,20,21)/t11-,12+/m1/s1. The quantitative estimate of drug-likeness (QED) is 0.873. The van der Waals surface area contributed by atoms with Gasteiger partial charge in [0.05, 0.1) is 17.4 Å². The van der Waals surface area contributed by atoms with E-state index in [0.717, 1.165) is 10.0 Å². The zero-order chi connectivity index (χ0) is 16.0. The predicted molar refractivity (Wildman–Crippen MR) is 83.7 cm³/mol. The van der Waals surface area contributed by atoms with E-state index >= 15 is 0 Å². The number of rotatable bonds is 4. The molecule has 1 aromatic rings. The van der Waals surface area contributed by atoms with Crippen LogP contribution in [-0.4, -0.2) is 17.0 Å². The molecule has 1 amide bonds. The molecule has 0 saturated heterocycles. The largest absolute Gasteiger partial charge is 0.481 e. The molecule has 0 radical (unpaired) electrons. The number of hydrogen-bond donors (Lipinski definition) is 2. The molecule has 1 aliphatic rings. The van der Waals surface area contributed by atoms with Crippen LogP contribution in [-0.2, 0) is 15.1 Å². The molecule has 0 aromatic heterocycles. The molecule has 21 heavy (non-hydrogen) atoms. The number of carboxylic acids is 1. The lowest BCUT2D eigenvalue weighted by molar-refractivity contribution is -0.140. The van der Waals surface area contributed by atoms with Gasteiger partial charge in [-0.3, -0.25) is 9.59 Å². The molecule has 5 heteroatoms. The molecule has 1 saturated carbocycles. The Morgan fingerprint density at radius 1 is 1.19 bits per heavy atom. The summed E-state index contributed by atoms with van der Waals surface area (Å²) < 4.78 is 0.975. The molecule has 0 heterocycles. The van der Waals surface area contributed by atoms with Gasteiger partial charge in [0.1, 0.15) is 0 Å². The van der Waals surface area contributed by atoms with Gasteiger partial charge in [-0.1, -0.05) is 41.9 Å². The molecule has 4 nitrogen and oxygen atoms in total. The third-order valence-electron chi connectivity index (χ3n) is 4.38. The topological polar surface area (TPSA) is 66.4 Å². The highest BCUT2D eigenvalue weighted by Gasteiger charge is 2.66. The summed E-state index contributed by atoms with van der Waals surface area (Å²) in [5.41, 5.74) is -0.0463. The van der Waals surface area contributed by atoms with E-state index in [4.69, 9.17) is 5.11 Å². The van der Waals surface area contributed by atoms with Crippen molar-refractivity contribution in [2.75, 3.05) is 0 Å². The molecule has 1 fully saturated rings. The Bertz CT molecular complexity index is 578. The smallest absolute Gasteiger partial charge is 0.307 e. The Labute approximate surface area is 133 Å². The first-order valence-electron chi connectivity index (χ1n) is 6.88. The summed E-state index contributed by atoms with van der Waals surface area (Å²) in [6.07, 6.45) is 0. The fraction of sp³-hybridized carbons (Fsp3) is 0.500. The van der Waals surface area contributed by atoms with Crippen LogP contribution in [0.15, 0.2) is 28.7 Å². The molecular formula is C16H20BrNO3. The Balaban J connectivity index is 2.12. The van der Waals surface area contributed by atoms with Gasteiger partial charge in [0, 0.05) is 4.47 Å². The van der Waals surface area contributed by atoms with Gasteiger partial charge < -0.3 is 10.4 Å². The number of carboxylic acid groups (broad SMARTS) is 1. The number of carbonyl (C=O) groups is 2. The van der Waals surface area contributed by atoms with Gasteiger partial charge in [-0.05, 0) is 37.0 Å². The van der Waals surface area contributed by atoms with E-state index in [1.54, 1.807) is 0 Å². The van der Waals surface area contributed by atoms with Crippen LogP contribution in [0.3, 0.4) is 0 Å². The lowest BCUT2D eigenvalue weighted by Crippen LogP contribution is -2.42. The second kappa shape index (κ2) is 5.13. The average Bonchev–Trinajstić information content (AvgIpc) is 2.92. The highest BCUT2D eigenvalue weighted by molar-refractivity contribution is 9.10. The Morgan fingerprint density at radius 2 is 1.71 bits per heavy atom. The molecular weight excluding hydrogens is 334 g/mol. The van der Waals surface area contributed by atoms with Gasteiger partial charge in [-0.15, -0.1) is 0 Å². The lowest BCUT2D eigenvalue weighted by atomic mass is 9.94. The van der Waals surface area contributed by atoms with Gasteiger partial charge in [-0.2, -0.15) is 0 Å². The Morgan fingerprint density at radius 3 is 2.14 bits per heavy atom. The molecule has 1 aromatic carbocycles. The first-order chi connectivity index (χ1) is 9.57. The second-order valence-corrected chi connectivity index (χ2v) is 7.65. The molecule has 2 N–H and O–H groups in total. The van der Waals surface area contributed by atoms with Gasteiger partial charge in [0.2, 0.25) is 5.91 Å². The first kappa shape index (κ1) is 16.0. The first-order valence-corrected chi connectivity index (χ1v) is 7.67. The molecule has 114 valence electrons. The van der Waals surface area contributed by atoms with Crippen molar-refractivity contribution >= 4 is 27.8 Å². The molecule has 1 aliphatic carbocycles. The predicted octanol–water partition coefficient (Wildman–Crippen LogP) is 3.16. The minimum atomic E-state index is -0.901. The van der Waals surface area contributed by atoms with Crippen molar-refractivity contribution in [2.45, 2.75) is 33.2 Å². The number of benzene rings is 1. The molecule has 2 atom stereocenters. The molecule has 0 spiro atoms. The van der Waals surface area contributed by atoms with Crippen LogP contribution in [0.1, 0.15) is 33.3 Å². The van der Waals surface area contributed by atoms with Crippen LogP contribution in [0.5, 0.6) is 0 Å². The fourth-order valence-corrected chi connectivity index (χ4v) is 3.18. The van der Waals surface area contributed by atoms with Crippen LogP contribution in [0.25, 0.3) is 0 Å². The Kier molecular flexibility index (Phi) is 3.91. The zero-order valence-electron chi connectivity index (χ0n) is 12.6. The Hall–Kier alpha value is -1.36. The SMILES string of the molecule is CC(C)(NC(=O)[C@H]1[C@@H](C(=O)O)C1(C)C)c1ccc(Br)cc1. The third-order valence-corrected chi connectivity index (χ3v) is 4.91. The van der Waals surface area contributed by atoms with E-state index in [0.29, 0.717) is 0 Å². The fourth-order valence-electron chi connectivity index (χ4n) is 2.91. The maximum Gasteiger partial charge on any atom is 0.307 e. The van der Waals surface area contributed by atoms with Crippen molar-refractivity contribution in [1.82, 2.24) is 5.32 Å². The van der Waals surface area contributed by atoms with Crippen molar-refractivity contribution in [3.8, 4) is 0 Å². The number of halogens is 1. The summed E-state index contributed by atoms with van der Waals surface area (Å²) in [6, 6.07) is 7.73. The summed E-state index contributed by atoms with van der Waals surface area (Å²) in [6.45, 7) is 7.48. The third kappa shape index (κ3) is 2.98. The van der Waals surface area contributed by atoms with E-state index < -0.39 is 28.8 Å². The number of hydrogen-bond acceptors (Lipinski definition) is 2. The van der Waals surface area contributed by atoms with Crippen molar-refractivity contribution in [3.05, 3.63) is 34.3 Å². The van der Waals surface area contributed by atoms with E-state index in [-0.39, 0.29) is 5.91 Å². The zero-order valence-corrected chi connectivity index (χ0v) is 14.2. The van der Waals surface area contributed by atoms with Crippen molar-refractivity contribution in [3.63, 3.8) is 0 Å². The van der Waals surface area contributed by atoms with Crippen molar-refractivity contribution in [2.24, 2.45) is 17.3 Å². The van der Waals surface area contributed by atoms with Gasteiger partial charge in [0.15, 0.2) is 0 Å². The van der Waals surface area contributed by atoms with Crippen LogP contribution in [0, 0.1) is 17.3 Å². The number of amides is 1. The van der Waals surface area contributed by atoms with Crippen LogP contribution in [0.2, 0.25) is 0 Å². The summed E-state index contributed by atoms with van der Waals surface area (Å²) in [4.78, 5) is 23.6. The highest BCUT2D eigenvalue weighted by atomic mass is 79.9. The van der Waals surface area contributed by atoms with Gasteiger partial charge >= 0.3 is 5.97 Å². The minimum Gasteiger partial charge on any atom is -0.481 e. The van der Waals surface area contributed by atoms with Crippen molar-refractivity contribution in [1.29, 1.82) is 0 Å². The lowest BCUT2D eigenvalue weighted by Gasteiger charge is -2.27. The average molecular weight is 354 g/mol. The van der Waals surface area contributed by atoms with Gasteiger partial charge in [0.25, 0.3) is 0 Å². The molecule has 0 aliphatic heterocycles. The van der Waals surface area contributed by atoms with Crippen molar-refractivity contribution < 1.29 is 14.7 Å². The monoisotopic (exact) mass is 353 g/mol. The summed E-state index contributed by atoms with van der Waals surface area (Å²) in [5.74, 6) is -2.16. The van der Waals surface area contributed by atoms with E-state index in [2.05, 4.69) is 21.2 Å². The summed E-state index contributed by atoms with van der Waals surface area (Å²) in [7, 11) is 0. The van der Waals surface area contributed by atoms with E-state index in [1.165, 1.54) is 0 Å². The molecule has 0 unspecified atom stereocenters. The maximum absolute atomic E-state index is 12.4. The normalized spacial score (nSPS) is 23.5. The maximum atomic E-state index is 12.4. The highest BCUT2D eigenvalue weighted by Crippen LogP contribution is 2.58. The number of nitrogens with one attached hydrogen (secondary N) is 1. The van der Waals surface area contributed by atoms with E-state index in [1.807, 2.05) is 52.0 Å². The van der Waals surface area contributed by atoms with Crippen LogP contribution >= 0.6 is 15.9 Å². The number of carbonyl (C=O) groups excluding carboxylic acids is 1. The minimum absolute atomic E-state index is 0.194. The number of aliphatic carboxylic acids is 1. The summed E-state index contributed by atoms with van der Waals surface area (Å²) >= 11 is 3.38. The summed E-state index contributed by atoms with van der Waals surface area (Å²) in [5, 5.41) is 12.1. The molecule has 0 bridgehead atoms. The molecule has 2 rings (SSSR count). The van der Waals surface area contributed by atoms with E-state index in [9.17, 15) is 9.59 Å². The second-order valence-electron chi connectivity index (χ2n) is 6.74. The van der Waals surface area contributed by atoms with Gasteiger partial charge in [-0.25, -0.2) is 0 Å².